The molecule has 0 aromatic rings. The number of nitrogens with zero attached hydrogens (tertiary/aromatic N) is 1. The van der Waals surface area contributed by atoms with Gasteiger partial charge in [0.1, 0.15) is 0 Å². The van der Waals surface area contributed by atoms with Gasteiger partial charge in [0.2, 0.25) is 0 Å². The molecule has 0 unspecified atom stereocenters. The van der Waals surface area contributed by atoms with Crippen LogP contribution in [0.1, 0.15) is 40.5 Å². The maximum atomic E-state index is 3.70. The molecule has 1 aliphatic rings. The summed E-state index contributed by atoms with van der Waals surface area (Å²) in [6, 6.07) is 2.12. The molecule has 1 rings (SSSR count). The molecule has 0 radical (unpaired) electrons. The Morgan fingerprint density at radius 2 is 1.62 bits per heavy atom. The third-order valence-electron chi connectivity index (χ3n) is 3.10. The third kappa shape index (κ3) is 2.96. The summed E-state index contributed by atoms with van der Waals surface area (Å²) >= 11 is 0. The monoisotopic (exact) mass is 184 g/mol. The van der Waals surface area contributed by atoms with Crippen LogP contribution >= 0.6 is 0 Å². The van der Waals surface area contributed by atoms with Gasteiger partial charge in [0.25, 0.3) is 0 Å². The Balaban J connectivity index is 2.49. The quantitative estimate of drug-likeness (QED) is 0.720. The molecule has 1 saturated heterocycles. The number of rotatable bonds is 3. The average Bonchev–Trinajstić information content (AvgIpc) is 2.16. The van der Waals surface area contributed by atoms with Crippen molar-refractivity contribution in [2.45, 2.75) is 58.7 Å². The van der Waals surface area contributed by atoms with Crippen molar-refractivity contribution in [3.63, 3.8) is 0 Å². The van der Waals surface area contributed by atoms with Gasteiger partial charge in [0.05, 0.1) is 0 Å². The first-order valence-corrected chi connectivity index (χ1v) is 5.67. The lowest BCUT2D eigenvalue weighted by atomic mass is 10.0. The Kier molecular flexibility index (Phi) is 4.20. The molecule has 0 bridgehead atoms. The summed E-state index contributed by atoms with van der Waals surface area (Å²) in [5.74, 6) is 0. The van der Waals surface area contributed by atoms with Crippen LogP contribution in [0.15, 0.2) is 0 Å². The minimum Gasteiger partial charge on any atom is -0.309 e. The summed E-state index contributed by atoms with van der Waals surface area (Å²) in [6.07, 6.45) is 2.50. The first-order valence-electron chi connectivity index (χ1n) is 5.67. The minimum absolute atomic E-state index is 0.699. The van der Waals surface area contributed by atoms with Crippen LogP contribution in [0.5, 0.6) is 0 Å². The second-order valence-corrected chi connectivity index (χ2v) is 4.42. The lowest BCUT2D eigenvalue weighted by Gasteiger charge is -2.40. The molecule has 13 heavy (non-hydrogen) atoms. The van der Waals surface area contributed by atoms with Crippen LogP contribution in [0.2, 0.25) is 0 Å². The predicted molar refractivity (Wildman–Crippen MR) is 58.0 cm³/mol. The average molecular weight is 184 g/mol. The fourth-order valence-corrected chi connectivity index (χ4v) is 1.99. The molecule has 0 aromatic carbocycles. The molecule has 2 atom stereocenters. The van der Waals surface area contributed by atoms with E-state index in [1.165, 1.54) is 25.9 Å². The Morgan fingerprint density at radius 1 is 1.15 bits per heavy atom. The molecule has 2 heteroatoms. The Labute approximate surface area is 82.7 Å². The van der Waals surface area contributed by atoms with Gasteiger partial charge in [0, 0.05) is 31.2 Å². The Bertz CT molecular complexity index is 133. The number of nitrogens with one attached hydrogen (secondary N) is 1. The van der Waals surface area contributed by atoms with Gasteiger partial charge >= 0.3 is 0 Å². The van der Waals surface area contributed by atoms with Crippen LogP contribution in [-0.2, 0) is 0 Å². The van der Waals surface area contributed by atoms with Crippen LogP contribution in [0.4, 0.5) is 0 Å². The van der Waals surface area contributed by atoms with Crippen LogP contribution in [0.25, 0.3) is 0 Å². The van der Waals surface area contributed by atoms with Crippen molar-refractivity contribution >= 4 is 0 Å². The Hall–Kier alpha value is -0.0800. The standard InChI is InChI=1S/C11H24N2/c1-5-10-7-13(9(3)4)8-11(6-2)12-10/h9-12H,5-8H2,1-4H3/t10-,11-/m1/s1. The zero-order valence-corrected chi connectivity index (χ0v) is 9.51. The highest BCUT2D eigenvalue weighted by Crippen LogP contribution is 2.11. The molecule has 0 aliphatic carbocycles. The van der Waals surface area contributed by atoms with Crippen LogP contribution in [0.3, 0.4) is 0 Å². The highest BCUT2D eigenvalue weighted by molar-refractivity contribution is 4.85. The van der Waals surface area contributed by atoms with E-state index in [1.807, 2.05) is 0 Å². The summed E-state index contributed by atoms with van der Waals surface area (Å²) in [4.78, 5) is 2.60. The van der Waals surface area contributed by atoms with Gasteiger partial charge in [-0.1, -0.05) is 13.8 Å². The maximum absolute atomic E-state index is 3.70. The van der Waals surface area contributed by atoms with Gasteiger partial charge in [-0.3, -0.25) is 4.90 Å². The lowest BCUT2D eigenvalue weighted by molar-refractivity contribution is 0.124. The third-order valence-corrected chi connectivity index (χ3v) is 3.10. The summed E-state index contributed by atoms with van der Waals surface area (Å²) in [6.45, 7) is 11.6. The fourth-order valence-electron chi connectivity index (χ4n) is 1.99. The molecule has 78 valence electrons. The van der Waals surface area contributed by atoms with Crippen LogP contribution < -0.4 is 5.32 Å². The smallest absolute Gasteiger partial charge is 0.0195 e. The molecule has 1 heterocycles. The normalized spacial score (nSPS) is 31.2. The second-order valence-electron chi connectivity index (χ2n) is 4.42. The number of piperazine rings is 1. The molecule has 1 fully saturated rings. The van der Waals surface area contributed by atoms with E-state index >= 15 is 0 Å². The molecule has 0 aromatic heterocycles. The van der Waals surface area contributed by atoms with E-state index < -0.39 is 0 Å². The van der Waals surface area contributed by atoms with E-state index in [1.54, 1.807) is 0 Å². The first-order chi connectivity index (χ1) is 6.17. The van der Waals surface area contributed by atoms with E-state index in [0.717, 1.165) is 0 Å². The van der Waals surface area contributed by atoms with Gasteiger partial charge in [0.15, 0.2) is 0 Å². The topological polar surface area (TPSA) is 15.3 Å². The van der Waals surface area contributed by atoms with Gasteiger partial charge in [-0.25, -0.2) is 0 Å². The molecular weight excluding hydrogens is 160 g/mol. The predicted octanol–water partition coefficient (Wildman–Crippen LogP) is 1.86. The molecule has 1 aliphatic heterocycles. The zero-order valence-electron chi connectivity index (χ0n) is 9.51. The van der Waals surface area contributed by atoms with Crippen molar-refractivity contribution in [2.24, 2.45) is 0 Å². The first kappa shape index (κ1) is 11.0. The van der Waals surface area contributed by atoms with Gasteiger partial charge in [-0.15, -0.1) is 0 Å². The molecular formula is C11H24N2. The van der Waals surface area contributed by atoms with Crippen molar-refractivity contribution in [2.75, 3.05) is 13.1 Å². The molecule has 0 saturated carbocycles. The molecule has 2 nitrogen and oxygen atoms in total. The van der Waals surface area contributed by atoms with Gasteiger partial charge in [-0.2, -0.15) is 0 Å². The van der Waals surface area contributed by atoms with E-state index in [4.69, 9.17) is 0 Å². The highest BCUT2D eigenvalue weighted by atomic mass is 15.2. The van der Waals surface area contributed by atoms with Gasteiger partial charge < -0.3 is 5.32 Å². The van der Waals surface area contributed by atoms with Gasteiger partial charge in [-0.05, 0) is 26.7 Å². The lowest BCUT2D eigenvalue weighted by Crippen LogP contribution is -2.57. The van der Waals surface area contributed by atoms with E-state index in [0.29, 0.717) is 18.1 Å². The van der Waals surface area contributed by atoms with Crippen molar-refractivity contribution in [3.8, 4) is 0 Å². The Morgan fingerprint density at radius 3 is 1.92 bits per heavy atom. The fraction of sp³-hybridized carbons (Fsp3) is 1.00. The van der Waals surface area contributed by atoms with Crippen molar-refractivity contribution in [1.82, 2.24) is 10.2 Å². The minimum atomic E-state index is 0.699. The summed E-state index contributed by atoms with van der Waals surface area (Å²) in [7, 11) is 0. The second kappa shape index (κ2) is 4.97. The number of hydrogen-bond donors (Lipinski definition) is 1. The van der Waals surface area contributed by atoms with Crippen LogP contribution in [-0.4, -0.2) is 36.1 Å². The van der Waals surface area contributed by atoms with Crippen LogP contribution in [0, 0.1) is 0 Å². The molecule has 0 spiro atoms. The highest BCUT2D eigenvalue weighted by Gasteiger charge is 2.25. The largest absolute Gasteiger partial charge is 0.309 e. The molecule has 1 N–H and O–H groups in total. The van der Waals surface area contributed by atoms with E-state index in [-0.39, 0.29) is 0 Å². The SMILES string of the molecule is CC[C@@H]1CN(C(C)C)C[C@@H](CC)N1. The summed E-state index contributed by atoms with van der Waals surface area (Å²) in [5.41, 5.74) is 0. The molecule has 0 amide bonds. The van der Waals surface area contributed by atoms with E-state index in [2.05, 4.69) is 37.9 Å². The van der Waals surface area contributed by atoms with E-state index in [9.17, 15) is 0 Å². The van der Waals surface area contributed by atoms with Crippen molar-refractivity contribution < 1.29 is 0 Å². The van der Waals surface area contributed by atoms with Crippen molar-refractivity contribution in [1.29, 1.82) is 0 Å². The zero-order chi connectivity index (χ0) is 9.84. The summed E-state index contributed by atoms with van der Waals surface area (Å²) in [5, 5.41) is 3.70. The maximum Gasteiger partial charge on any atom is 0.0195 e. The van der Waals surface area contributed by atoms with Crippen molar-refractivity contribution in [3.05, 3.63) is 0 Å². The number of hydrogen-bond acceptors (Lipinski definition) is 2. The summed E-state index contributed by atoms with van der Waals surface area (Å²) < 4.78 is 0.